The first-order valence-corrected chi connectivity index (χ1v) is 7.90. The van der Waals surface area contributed by atoms with Crippen molar-refractivity contribution < 1.29 is 10.2 Å². The van der Waals surface area contributed by atoms with Gasteiger partial charge in [-0.1, -0.05) is 60.7 Å². The normalized spacial score (nSPS) is 11.2. The average molecular weight is 330 g/mol. The van der Waals surface area contributed by atoms with Crippen LogP contribution in [0, 0.1) is 0 Å². The van der Waals surface area contributed by atoms with Gasteiger partial charge in [0.15, 0.2) is 0 Å². The maximum Gasteiger partial charge on any atom is 0.124 e. The Labute approximate surface area is 146 Å². The molecule has 4 heteroatoms. The molecule has 4 nitrogen and oxygen atoms in total. The Bertz CT molecular complexity index is 876. The predicted octanol–water partition coefficient (Wildman–Crippen LogP) is 4.36. The van der Waals surface area contributed by atoms with Crippen LogP contribution in [0.5, 0.6) is 11.5 Å². The van der Waals surface area contributed by atoms with E-state index in [0.717, 1.165) is 16.8 Å². The van der Waals surface area contributed by atoms with E-state index in [9.17, 15) is 10.2 Å². The minimum absolute atomic E-state index is 0.0511. The molecule has 3 aromatic carbocycles. The summed E-state index contributed by atoms with van der Waals surface area (Å²) in [5, 5.41) is 28.3. The second-order valence-corrected chi connectivity index (χ2v) is 5.57. The smallest absolute Gasteiger partial charge is 0.124 e. The Morgan fingerprint density at radius 1 is 0.720 bits per heavy atom. The third kappa shape index (κ3) is 3.93. The van der Waals surface area contributed by atoms with Gasteiger partial charge >= 0.3 is 0 Å². The Hall–Kier alpha value is -3.40. The number of hydrogen-bond donors (Lipinski definition) is 2. The third-order valence-corrected chi connectivity index (χ3v) is 3.76. The maximum absolute atomic E-state index is 9.96. The van der Waals surface area contributed by atoms with Gasteiger partial charge in [-0.2, -0.15) is 5.10 Å². The third-order valence-electron chi connectivity index (χ3n) is 3.76. The largest absolute Gasteiger partial charge is 0.508 e. The van der Waals surface area contributed by atoms with Crippen molar-refractivity contribution in [2.45, 2.75) is 6.92 Å². The molecule has 0 aliphatic carbocycles. The number of hydrogen-bond acceptors (Lipinski definition) is 4. The van der Waals surface area contributed by atoms with Gasteiger partial charge in [0.05, 0.1) is 5.71 Å². The molecule has 0 saturated carbocycles. The zero-order chi connectivity index (χ0) is 17.6. The maximum atomic E-state index is 9.96. The first kappa shape index (κ1) is 16.5. The fourth-order valence-corrected chi connectivity index (χ4v) is 2.47. The molecule has 0 aliphatic heterocycles. The highest BCUT2D eigenvalue weighted by Gasteiger charge is 2.08. The highest BCUT2D eigenvalue weighted by atomic mass is 16.3. The van der Waals surface area contributed by atoms with Crippen LogP contribution >= 0.6 is 0 Å². The molecule has 0 atom stereocenters. The van der Waals surface area contributed by atoms with Crippen molar-refractivity contribution >= 4 is 11.4 Å². The van der Waals surface area contributed by atoms with Gasteiger partial charge in [-0.25, -0.2) is 0 Å². The lowest BCUT2D eigenvalue weighted by atomic mass is 10.0. The Morgan fingerprint density at radius 2 is 1.28 bits per heavy atom. The highest BCUT2D eigenvalue weighted by molar-refractivity contribution is 6.13. The number of rotatable bonds is 4. The second kappa shape index (κ2) is 7.45. The molecule has 2 N–H and O–H groups in total. The van der Waals surface area contributed by atoms with E-state index < -0.39 is 0 Å². The zero-order valence-corrected chi connectivity index (χ0v) is 13.8. The van der Waals surface area contributed by atoms with Crippen LogP contribution in [0.25, 0.3) is 0 Å². The van der Waals surface area contributed by atoms with Crippen LogP contribution in [0.15, 0.2) is 89.1 Å². The van der Waals surface area contributed by atoms with Crippen molar-refractivity contribution in [3.8, 4) is 11.5 Å². The number of aromatic hydroxyl groups is 2. The van der Waals surface area contributed by atoms with Crippen molar-refractivity contribution in [3.63, 3.8) is 0 Å². The van der Waals surface area contributed by atoms with Crippen LogP contribution < -0.4 is 0 Å². The minimum atomic E-state index is 0.0511. The Kier molecular flexibility index (Phi) is 4.90. The molecule has 0 bridgehead atoms. The molecule has 3 aromatic rings. The summed E-state index contributed by atoms with van der Waals surface area (Å²) in [5.74, 6) is 0.118. The average Bonchev–Trinajstić information content (AvgIpc) is 2.65. The highest BCUT2D eigenvalue weighted by Crippen LogP contribution is 2.23. The topological polar surface area (TPSA) is 65.2 Å². The van der Waals surface area contributed by atoms with Crippen LogP contribution in [0.1, 0.15) is 23.6 Å². The van der Waals surface area contributed by atoms with E-state index in [-0.39, 0.29) is 11.5 Å². The number of phenols is 2. The van der Waals surface area contributed by atoms with Gasteiger partial charge in [-0.3, -0.25) is 0 Å². The van der Waals surface area contributed by atoms with Crippen molar-refractivity contribution in [1.29, 1.82) is 0 Å². The molecule has 0 radical (unpaired) electrons. The van der Waals surface area contributed by atoms with E-state index >= 15 is 0 Å². The van der Waals surface area contributed by atoms with Crippen molar-refractivity contribution in [1.82, 2.24) is 0 Å². The monoisotopic (exact) mass is 330 g/mol. The minimum Gasteiger partial charge on any atom is -0.508 e. The standard InChI is InChI=1S/C21H18N2O2/c1-15(19-14-18(24)12-13-20(19)25)22-23-21(16-8-4-2-5-9-16)17-10-6-3-7-11-17/h2-14,24-25H,1H3/b22-15+. The summed E-state index contributed by atoms with van der Waals surface area (Å²) in [6.07, 6.45) is 0. The fourth-order valence-electron chi connectivity index (χ4n) is 2.47. The first-order valence-electron chi connectivity index (χ1n) is 7.90. The molecule has 0 saturated heterocycles. The number of nitrogens with zero attached hydrogens (tertiary/aromatic N) is 2. The fraction of sp³-hybridized carbons (Fsp3) is 0.0476. The summed E-state index contributed by atoms with van der Waals surface area (Å²) < 4.78 is 0. The zero-order valence-electron chi connectivity index (χ0n) is 13.8. The molecule has 0 amide bonds. The summed E-state index contributed by atoms with van der Waals surface area (Å²) in [6, 6.07) is 23.9. The lowest BCUT2D eigenvalue weighted by Gasteiger charge is -2.07. The Balaban J connectivity index is 2.06. The van der Waals surface area contributed by atoms with E-state index in [1.807, 2.05) is 60.7 Å². The number of phenolic OH excluding ortho intramolecular Hbond substituents is 2. The molecule has 0 fully saturated rings. The van der Waals surface area contributed by atoms with E-state index in [4.69, 9.17) is 0 Å². The van der Waals surface area contributed by atoms with E-state index in [1.54, 1.807) is 6.92 Å². The quantitative estimate of drug-likeness (QED) is 0.424. The van der Waals surface area contributed by atoms with Gasteiger partial charge in [0.2, 0.25) is 0 Å². The van der Waals surface area contributed by atoms with Crippen molar-refractivity contribution in [2.75, 3.05) is 0 Å². The van der Waals surface area contributed by atoms with Crippen LogP contribution in [0.2, 0.25) is 0 Å². The molecule has 0 aliphatic rings. The summed E-state index contributed by atoms with van der Waals surface area (Å²) in [5.41, 5.74) is 3.60. The van der Waals surface area contributed by atoms with Gasteiger partial charge in [0.25, 0.3) is 0 Å². The van der Waals surface area contributed by atoms with Crippen molar-refractivity contribution in [3.05, 3.63) is 95.6 Å². The van der Waals surface area contributed by atoms with Crippen LogP contribution in [-0.2, 0) is 0 Å². The predicted molar refractivity (Wildman–Crippen MR) is 101 cm³/mol. The summed E-state index contributed by atoms with van der Waals surface area (Å²) in [6.45, 7) is 1.74. The molecule has 0 heterocycles. The van der Waals surface area contributed by atoms with E-state index in [1.165, 1.54) is 18.2 Å². The van der Waals surface area contributed by atoms with Crippen LogP contribution in [-0.4, -0.2) is 21.6 Å². The summed E-state index contributed by atoms with van der Waals surface area (Å²) in [7, 11) is 0. The van der Waals surface area contributed by atoms with Crippen LogP contribution in [0.4, 0.5) is 0 Å². The molecular weight excluding hydrogens is 312 g/mol. The van der Waals surface area contributed by atoms with E-state index in [0.29, 0.717) is 11.3 Å². The molecule has 124 valence electrons. The molecule has 0 unspecified atom stereocenters. The Morgan fingerprint density at radius 3 is 1.84 bits per heavy atom. The van der Waals surface area contributed by atoms with Gasteiger partial charge in [-0.05, 0) is 25.1 Å². The SMILES string of the molecule is C/C(=N\N=C(c1ccccc1)c1ccccc1)c1cc(O)ccc1O. The van der Waals surface area contributed by atoms with Gasteiger partial charge in [-0.15, -0.1) is 5.10 Å². The lowest BCUT2D eigenvalue weighted by Crippen LogP contribution is -2.03. The first-order chi connectivity index (χ1) is 12.1. The molecule has 0 spiro atoms. The second-order valence-electron chi connectivity index (χ2n) is 5.57. The summed E-state index contributed by atoms with van der Waals surface area (Å²) >= 11 is 0. The molecular formula is C21H18N2O2. The molecule has 3 rings (SSSR count). The van der Waals surface area contributed by atoms with Crippen LogP contribution in [0.3, 0.4) is 0 Å². The van der Waals surface area contributed by atoms with Crippen molar-refractivity contribution in [2.24, 2.45) is 10.2 Å². The van der Waals surface area contributed by atoms with E-state index in [2.05, 4.69) is 10.2 Å². The molecule has 0 aromatic heterocycles. The lowest BCUT2D eigenvalue weighted by molar-refractivity contribution is 0.459. The van der Waals surface area contributed by atoms with Gasteiger partial charge < -0.3 is 10.2 Å². The number of benzene rings is 3. The van der Waals surface area contributed by atoms with Gasteiger partial charge in [0.1, 0.15) is 17.2 Å². The van der Waals surface area contributed by atoms with Gasteiger partial charge in [0, 0.05) is 16.7 Å². The molecule has 25 heavy (non-hydrogen) atoms. The summed E-state index contributed by atoms with van der Waals surface area (Å²) in [4.78, 5) is 0.